The first-order valence-electron chi connectivity index (χ1n) is 9.58. The van der Waals surface area contributed by atoms with Crippen molar-refractivity contribution < 1.29 is 28.6 Å². The van der Waals surface area contributed by atoms with E-state index >= 15 is 0 Å². The van der Waals surface area contributed by atoms with Crippen molar-refractivity contribution >= 4 is 18.1 Å². The molecule has 3 rings (SSSR count). The van der Waals surface area contributed by atoms with Crippen LogP contribution in [-0.2, 0) is 6.61 Å². The van der Waals surface area contributed by atoms with Crippen LogP contribution < -0.4 is 14.9 Å². The first-order valence-corrected chi connectivity index (χ1v) is 9.58. The fourth-order valence-corrected chi connectivity index (χ4v) is 2.65. The lowest BCUT2D eigenvalue weighted by molar-refractivity contribution is 0.0657. The lowest BCUT2D eigenvalue weighted by atomic mass is 10.1. The number of aromatic carboxylic acids is 1. The maximum Gasteiger partial charge on any atom is 0.371 e. The molecule has 0 fully saturated rings. The van der Waals surface area contributed by atoms with Gasteiger partial charge in [0, 0.05) is 5.56 Å². The van der Waals surface area contributed by atoms with Crippen LogP contribution in [0.5, 0.6) is 11.5 Å². The lowest BCUT2D eigenvalue weighted by Crippen LogP contribution is -2.17. The first kappa shape index (κ1) is 21.6. The van der Waals surface area contributed by atoms with Crippen LogP contribution in [0.3, 0.4) is 0 Å². The van der Waals surface area contributed by atoms with E-state index in [0.29, 0.717) is 35.0 Å². The fraction of sp³-hybridized carbons (Fsp3) is 0.174. The van der Waals surface area contributed by atoms with Gasteiger partial charge in [0.15, 0.2) is 11.5 Å². The van der Waals surface area contributed by atoms with E-state index in [1.165, 1.54) is 12.3 Å². The summed E-state index contributed by atoms with van der Waals surface area (Å²) in [5.74, 6) is -0.260. The van der Waals surface area contributed by atoms with Gasteiger partial charge in [0.05, 0.1) is 12.8 Å². The SMILES string of the molecule is CCOc1cc(C=NNC(=O)c2ccc(C)cc2)ccc1OCc1ccc(C(=O)O)o1. The van der Waals surface area contributed by atoms with Gasteiger partial charge in [0.1, 0.15) is 12.4 Å². The topological polar surface area (TPSA) is 110 Å². The monoisotopic (exact) mass is 422 g/mol. The molecule has 0 bridgehead atoms. The summed E-state index contributed by atoms with van der Waals surface area (Å²) >= 11 is 0. The van der Waals surface area contributed by atoms with Crippen LogP contribution in [0.15, 0.2) is 64.1 Å². The summed E-state index contributed by atoms with van der Waals surface area (Å²) in [6.45, 7) is 4.27. The van der Waals surface area contributed by atoms with E-state index in [-0.39, 0.29) is 18.3 Å². The number of rotatable bonds is 9. The normalized spacial score (nSPS) is 10.8. The van der Waals surface area contributed by atoms with Crippen LogP contribution in [-0.4, -0.2) is 29.8 Å². The number of furan rings is 1. The maximum absolute atomic E-state index is 12.1. The number of aryl methyl sites for hydroxylation is 1. The standard InChI is InChI=1S/C23H22N2O6/c1-3-29-21-12-16(13-24-25-22(26)17-7-4-15(2)5-8-17)6-10-19(21)30-14-18-9-11-20(31-18)23(27)28/h4-13H,3,14H2,1-2H3,(H,25,26)(H,27,28). The van der Waals surface area contributed by atoms with Gasteiger partial charge in [0.25, 0.3) is 5.91 Å². The van der Waals surface area contributed by atoms with Gasteiger partial charge >= 0.3 is 5.97 Å². The molecule has 1 heterocycles. The molecule has 3 aromatic rings. The number of hydrazone groups is 1. The minimum Gasteiger partial charge on any atom is -0.490 e. The van der Waals surface area contributed by atoms with Gasteiger partial charge < -0.3 is 19.0 Å². The summed E-state index contributed by atoms with van der Waals surface area (Å²) in [7, 11) is 0. The summed E-state index contributed by atoms with van der Waals surface area (Å²) in [6.07, 6.45) is 1.50. The summed E-state index contributed by atoms with van der Waals surface area (Å²) in [5, 5.41) is 12.9. The Morgan fingerprint density at radius 3 is 2.52 bits per heavy atom. The second-order valence-corrected chi connectivity index (χ2v) is 6.56. The molecule has 0 aliphatic carbocycles. The molecule has 1 aromatic heterocycles. The van der Waals surface area contributed by atoms with Crippen LogP contribution in [0.4, 0.5) is 0 Å². The lowest BCUT2D eigenvalue weighted by Gasteiger charge is -2.11. The molecular formula is C23H22N2O6. The molecule has 0 saturated heterocycles. The number of hydrogen-bond donors (Lipinski definition) is 2. The van der Waals surface area contributed by atoms with Crippen LogP contribution >= 0.6 is 0 Å². The molecular weight excluding hydrogens is 400 g/mol. The van der Waals surface area contributed by atoms with Gasteiger partial charge in [-0.3, -0.25) is 4.79 Å². The molecule has 2 N–H and O–H groups in total. The molecule has 8 nitrogen and oxygen atoms in total. The zero-order chi connectivity index (χ0) is 22.2. The van der Waals surface area contributed by atoms with E-state index < -0.39 is 5.97 Å². The van der Waals surface area contributed by atoms with E-state index in [1.54, 1.807) is 36.4 Å². The van der Waals surface area contributed by atoms with Gasteiger partial charge in [0.2, 0.25) is 5.76 Å². The maximum atomic E-state index is 12.1. The Kier molecular flexibility index (Phi) is 7.05. The van der Waals surface area contributed by atoms with Crippen LogP contribution in [0.1, 0.15) is 44.7 Å². The van der Waals surface area contributed by atoms with Crippen LogP contribution in [0, 0.1) is 6.92 Å². The third kappa shape index (κ3) is 5.96. The average Bonchev–Trinajstić information content (AvgIpc) is 3.23. The smallest absolute Gasteiger partial charge is 0.371 e. The molecule has 31 heavy (non-hydrogen) atoms. The molecule has 0 aliphatic rings. The van der Waals surface area contributed by atoms with Gasteiger partial charge in [-0.25, -0.2) is 10.2 Å². The Balaban J connectivity index is 1.64. The highest BCUT2D eigenvalue weighted by molar-refractivity contribution is 5.95. The molecule has 0 unspecified atom stereocenters. The molecule has 0 saturated carbocycles. The Morgan fingerprint density at radius 1 is 1.06 bits per heavy atom. The van der Waals surface area contributed by atoms with E-state index in [0.717, 1.165) is 5.56 Å². The van der Waals surface area contributed by atoms with Crippen molar-refractivity contribution in [3.05, 3.63) is 82.8 Å². The van der Waals surface area contributed by atoms with Crippen molar-refractivity contribution in [1.29, 1.82) is 0 Å². The number of amides is 1. The predicted octanol–water partition coefficient (Wildman–Crippen LogP) is 4.03. The number of nitrogens with zero attached hydrogens (tertiary/aromatic N) is 1. The van der Waals surface area contributed by atoms with Crippen molar-refractivity contribution in [3.63, 3.8) is 0 Å². The van der Waals surface area contributed by atoms with Crippen molar-refractivity contribution in [1.82, 2.24) is 5.43 Å². The second-order valence-electron chi connectivity index (χ2n) is 6.56. The molecule has 1 amide bonds. The zero-order valence-corrected chi connectivity index (χ0v) is 17.1. The largest absolute Gasteiger partial charge is 0.490 e. The summed E-state index contributed by atoms with van der Waals surface area (Å²) in [5.41, 5.74) is 4.78. The number of carboxylic acids is 1. The van der Waals surface area contributed by atoms with E-state index in [2.05, 4.69) is 10.5 Å². The fourth-order valence-electron chi connectivity index (χ4n) is 2.65. The van der Waals surface area contributed by atoms with Crippen LogP contribution in [0.25, 0.3) is 0 Å². The minimum atomic E-state index is -1.14. The Morgan fingerprint density at radius 2 is 1.84 bits per heavy atom. The van der Waals surface area contributed by atoms with Crippen molar-refractivity contribution in [3.8, 4) is 11.5 Å². The second kappa shape index (κ2) is 10.1. The Labute approximate surface area is 179 Å². The Hall–Kier alpha value is -4.07. The van der Waals surface area contributed by atoms with Gasteiger partial charge in [-0.05, 0) is 61.9 Å². The number of benzene rings is 2. The summed E-state index contributed by atoms with van der Waals surface area (Å²) < 4.78 is 16.5. The number of hydrogen-bond acceptors (Lipinski definition) is 6. The average molecular weight is 422 g/mol. The van der Waals surface area contributed by atoms with Crippen molar-refractivity contribution in [2.75, 3.05) is 6.61 Å². The predicted molar refractivity (Wildman–Crippen MR) is 114 cm³/mol. The van der Waals surface area contributed by atoms with Crippen molar-refractivity contribution in [2.45, 2.75) is 20.5 Å². The third-order valence-corrected chi connectivity index (χ3v) is 4.20. The molecule has 8 heteroatoms. The van der Waals surface area contributed by atoms with Gasteiger partial charge in [-0.15, -0.1) is 0 Å². The Bertz CT molecular complexity index is 1090. The van der Waals surface area contributed by atoms with E-state index in [1.807, 2.05) is 26.0 Å². The van der Waals surface area contributed by atoms with Crippen molar-refractivity contribution in [2.24, 2.45) is 5.10 Å². The van der Waals surface area contributed by atoms with Crippen LogP contribution in [0.2, 0.25) is 0 Å². The molecule has 0 spiro atoms. The number of ether oxygens (including phenoxy) is 2. The number of carbonyl (C=O) groups excluding carboxylic acids is 1. The number of carboxylic acid groups (broad SMARTS) is 1. The van der Waals surface area contributed by atoms with Gasteiger partial charge in [-0.1, -0.05) is 17.7 Å². The molecule has 160 valence electrons. The highest BCUT2D eigenvalue weighted by Crippen LogP contribution is 2.29. The number of nitrogens with one attached hydrogen (secondary N) is 1. The molecule has 0 atom stereocenters. The number of carbonyl (C=O) groups is 2. The molecule has 0 aliphatic heterocycles. The molecule has 0 radical (unpaired) electrons. The molecule has 2 aromatic carbocycles. The highest BCUT2D eigenvalue weighted by atomic mass is 16.5. The first-order chi connectivity index (χ1) is 15.0. The minimum absolute atomic E-state index is 0.0490. The van der Waals surface area contributed by atoms with E-state index in [9.17, 15) is 9.59 Å². The highest BCUT2D eigenvalue weighted by Gasteiger charge is 2.11. The third-order valence-electron chi connectivity index (χ3n) is 4.20. The summed E-state index contributed by atoms with van der Waals surface area (Å²) in [6, 6.07) is 15.3. The summed E-state index contributed by atoms with van der Waals surface area (Å²) in [4.78, 5) is 23.0. The quantitative estimate of drug-likeness (QED) is 0.398. The van der Waals surface area contributed by atoms with E-state index in [4.69, 9.17) is 19.0 Å². The van der Waals surface area contributed by atoms with Gasteiger partial charge in [-0.2, -0.15) is 5.10 Å². The zero-order valence-electron chi connectivity index (χ0n) is 17.1.